The maximum atomic E-state index is 12.7. The first-order chi connectivity index (χ1) is 14.6. The minimum absolute atomic E-state index is 0.109. The van der Waals surface area contributed by atoms with Crippen molar-refractivity contribution >= 4 is 11.6 Å². The van der Waals surface area contributed by atoms with E-state index in [9.17, 15) is 14.4 Å². The first kappa shape index (κ1) is 22.8. The van der Waals surface area contributed by atoms with Gasteiger partial charge in [0, 0.05) is 31.2 Å². The Morgan fingerprint density at radius 3 is 2.58 bits per heavy atom. The van der Waals surface area contributed by atoms with Gasteiger partial charge in [-0.05, 0) is 47.3 Å². The van der Waals surface area contributed by atoms with Crippen LogP contribution in [-0.4, -0.2) is 26.7 Å². The van der Waals surface area contributed by atoms with Crippen molar-refractivity contribution < 1.29 is 4.79 Å². The van der Waals surface area contributed by atoms with Gasteiger partial charge in [0.1, 0.15) is 12.2 Å². The summed E-state index contributed by atoms with van der Waals surface area (Å²) in [4.78, 5) is 41.3. The van der Waals surface area contributed by atoms with Crippen LogP contribution >= 0.6 is 0 Å². The highest BCUT2D eigenvalue weighted by molar-refractivity contribution is 5.75. The highest BCUT2D eigenvalue weighted by Gasteiger charge is 2.43. The summed E-state index contributed by atoms with van der Waals surface area (Å²) >= 11 is 0. The molecule has 1 aliphatic carbocycles. The van der Waals surface area contributed by atoms with Gasteiger partial charge in [-0.2, -0.15) is 0 Å². The van der Waals surface area contributed by atoms with Crippen LogP contribution in [0.4, 0.5) is 5.69 Å². The summed E-state index contributed by atoms with van der Waals surface area (Å²) in [6.07, 6.45) is 5.70. The predicted molar refractivity (Wildman–Crippen MR) is 121 cm³/mol. The zero-order chi connectivity index (χ0) is 22.8. The minimum Gasteiger partial charge on any atom is -0.377 e. The molecule has 0 spiro atoms. The molecule has 8 nitrogen and oxygen atoms in total. The Labute approximate surface area is 182 Å². The molecule has 3 N–H and O–H groups in total. The first-order valence-electron chi connectivity index (χ1n) is 10.9. The molecule has 1 amide bonds. The lowest BCUT2D eigenvalue weighted by atomic mass is 9.58. The molecule has 0 unspecified atom stereocenters. The number of carbonyl (C=O) groups excluding carboxylic acids is 1. The van der Waals surface area contributed by atoms with Gasteiger partial charge in [-0.25, -0.2) is 4.68 Å². The fourth-order valence-electron chi connectivity index (χ4n) is 4.39. The Bertz CT molecular complexity index is 1030. The fraction of sp³-hybridized carbons (Fsp3) is 0.565. The van der Waals surface area contributed by atoms with Crippen LogP contribution in [0.25, 0.3) is 0 Å². The van der Waals surface area contributed by atoms with Gasteiger partial charge in [-0.15, -0.1) is 0 Å². The van der Waals surface area contributed by atoms with E-state index < -0.39 is 11.0 Å². The van der Waals surface area contributed by atoms with E-state index in [-0.39, 0.29) is 29.6 Å². The summed E-state index contributed by atoms with van der Waals surface area (Å²) in [7, 11) is 0. The number of nitrogens with one attached hydrogen (secondary N) is 3. The van der Waals surface area contributed by atoms with E-state index in [2.05, 4.69) is 55.3 Å². The number of aromatic amines is 1. The SMILES string of the molecule is C[C@@H]1[C@@H](C)C(C)(C)[C@@H](C)C[C@H]1Nc1c[nH]n(CC(=O)NCc2ccncc2)c(=O)c1=O. The number of carbonyl (C=O) groups is 1. The summed E-state index contributed by atoms with van der Waals surface area (Å²) in [5.41, 5.74) is 0.00943. The monoisotopic (exact) mass is 427 g/mol. The van der Waals surface area contributed by atoms with Crippen LogP contribution in [0.1, 0.15) is 46.6 Å². The fourth-order valence-corrected chi connectivity index (χ4v) is 4.39. The van der Waals surface area contributed by atoms with Gasteiger partial charge in [0.2, 0.25) is 5.91 Å². The molecule has 0 radical (unpaired) electrons. The van der Waals surface area contributed by atoms with Crippen LogP contribution in [0.15, 0.2) is 40.3 Å². The number of rotatable bonds is 6. The summed E-state index contributed by atoms with van der Waals surface area (Å²) in [5.74, 6) is 0.949. The lowest BCUT2D eigenvalue weighted by Crippen LogP contribution is -2.49. The number of H-pyrrole nitrogens is 1. The zero-order valence-corrected chi connectivity index (χ0v) is 18.9. The highest BCUT2D eigenvalue weighted by atomic mass is 16.2. The Hall–Kier alpha value is -2.90. The van der Waals surface area contributed by atoms with Gasteiger partial charge < -0.3 is 15.7 Å². The quantitative estimate of drug-likeness (QED) is 0.613. The molecular formula is C23H33N5O3. The minimum atomic E-state index is -0.742. The van der Waals surface area contributed by atoms with Gasteiger partial charge >= 0.3 is 5.56 Å². The van der Waals surface area contributed by atoms with Gasteiger partial charge in [0.25, 0.3) is 5.43 Å². The molecule has 8 heteroatoms. The second-order valence-electron chi connectivity index (χ2n) is 9.40. The highest BCUT2D eigenvalue weighted by Crippen LogP contribution is 2.47. The Morgan fingerprint density at radius 2 is 1.90 bits per heavy atom. The average Bonchev–Trinajstić information content (AvgIpc) is 2.75. The summed E-state index contributed by atoms with van der Waals surface area (Å²) in [5, 5.41) is 8.82. The molecule has 0 aromatic carbocycles. The van der Waals surface area contributed by atoms with Crippen LogP contribution in [0, 0.1) is 23.2 Å². The van der Waals surface area contributed by atoms with E-state index in [1.165, 1.54) is 6.20 Å². The molecule has 4 atom stereocenters. The molecule has 0 saturated heterocycles. The number of hydrogen-bond acceptors (Lipinski definition) is 5. The third-order valence-electron chi connectivity index (χ3n) is 7.40. The van der Waals surface area contributed by atoms with Crippen LogP contribution in [0.3, 0.4) is 0 Å². The van der Waals surface area contributed by atoms with E-state index in [0.717, 1.165) is 16.7 Å². The Balaban J connectivity index is 1.67. The zero-order valence-electron chi connectivity index (χ0n) is 18.9. The normalized spacial score (nSPS) is 25.1. The Morgan fingerprint density at radius 1 is 1.23 bits per heavy atom. The standard InChI is InChI=1S/C23H33N5O3/c1-14-10-18(15(2)16(3)23(14,4)5)27-19-12-26-28(22(31)21(19)30)13-20(29)25-11-17-6-8-24-9-7-17/h6-9,12,14-16,18,26-27H,10-11,13H2,1-5H3,(H,25,29)/t14-,15+,16+,18+/m0/s1. The Kier molecular flexibility index (Phi) is 6.67. The molecule has 1 aliphatic rings. The molecule has 1 fully saturated rings. The number of pyridine rings is 1. The topological polar surface area (TPSA) is 109 Å². The lowest BCUT2D eigenvalue weighted by Gasteiger charge is -2.50. The molecule has 0 aliphatic heterocycles. The maximum Gasteiger partial charge on any atom is 0.315 e. The van der Waals surface area contributed by atoms with Crippen molar-refractivity contribution in [3.8, 4) is 0 Å². The van der Waals surface area contributed by atoms with Crippen LogP contribution < -0.4 is 21.6 Å². The molecule has 3 rings (SSSR count). The largest absolute Gasteiger partial charge is 0.377 e. The number of nitrogens with zero attached hydrogens (tertiary/aromatic N) is 2. The van der Waals surface area contributed by atoms with Gasteiger partial charge in [-0.1, -0.05) is 34.6 Å². The van der Waals surface area contributed by atoms with Gasteiger partial charge in [0.05, 0.1) is 0 Å². The van der Waals surface area contributed by atoms with Crippen molar-refractivity contribution in [2.45, 2.75) is 60.2 Å². The molecular weight excluding hydrogens is 394 g/mol. The van der Waals surface area contributed by atoms with E-state index >= 15 is 0 Å². The third-order valence-corrected chi connectivity index (χ3v) is 7.40. The molecule has 2 aromatic heterocycles. The van der Waals surface area contributed by atoms with Crippen LogP contribution in [-0.2, 0) is 17.9 Å². The summed E-state index contributed by atoms with van der Waals surface area (Å²) in [6.45, 7) is 11.4. The molecule has 168 valence electrons. The predicted octanol–water partition coefficient (Wildman–Crippen LogP) is 2.37. The lowest BCUT2D eigenvalue weighted by molar-refractivity contribution is -0.122. The van der Waals surface area contributed by atoms with Gasteiger partial charge in [0.15, 0.2) is 0 Å². The van der Waals surface area contributed by atoms with Crippen molar-refractivity contribution in [1.29, 1.82) is 0 Å². The molecule has 2 aromatic rings. The second kappa shape index (κ2) is 9.08. The number of amides is 1. The molecule has 2 heterocycles. The van der Waals surface area contributed by atoms with E-state index in [1.807, 2.05) is 0 Å². The molecule has 0 bridgehead atoms. The average molecular weight is 428 g/mol. The number of anilines is 1. The van der Waals surface area contributed by atoms with E-state index in [0.29, 0.717) is 24.3 Å². The van der Waals surface area contributed by atoms with Crippen molar-refractivity contribution in [2.75, 3.05) is 5.32 Å². The van der Waals surface area contributed by atoms with Crippen molar-refractivity contribution in [3.63, 3.8) is 0 Å². The number of hydrogen-bond donors (Lipinski definition) is 3. The van der Waals surface area contributed by atoms with Gasteiger partial charge in [-0.3, -0.25) is 19.4 Å². The number of aromatic nitrogens is 3. The van der Waals surface area contributed by atoms with E-state index in [4.69, 9.17) is 0 Å². The summed E-state index contributed by atoms with van der Waals surface area (Å²) in [6, 6.07) is 3.70. The van der Waals surface area contributed by atoms with Crippen molar-refractivity contribution in [1.82, 2.24) is 20.1 Å². The van der Waals surface area contributed by atoms with Crippen LogP contribution in [0.2, 0.25) is 0 Å². The molecule has 1 saturated carbocycles. The molecule has 31 heavy (non-hydrogen) atoms. The smallest absolute Gasteiger partial charge is 0.315 e. The second-order valence-corrected chi connectivity index (χ2v) is 9.40. The van der Waals surface area contributed by atoms with E-state index in [1.54, 1.807) is 24.5 Å². The van der Waals surface area contributed by atoms with Crippen molar-refractivity contribution in [3.05, 3.63) is 56.9 Å². The van der Waals surface area contributed by atoms with Crippen molar-refractivity contribution in [2.24, 2.45) is 23.2 Å². The first-order valence-corrected chi connectivity index (χ1v) is 10.9. The third kappa shape index (κ3) is 4.89. The van der Waals surface area contributed by atoms with Crippen LogP contribution in [0.5, 0.6) is 0 Å². The summed E-state index contributed by atoms with van der Waals surface area (Å²) < 4.78 is 1.04. The maximum absolute atomic E-state index is 12.7.